The summed E-state index contributed by atoms with van der Waals surface area (Å²) in [6, 6.07) is 0.450. The first kappa shape index (κ1) is 10.7. The third-order valence-corrected chi connectivity index (χ3v) is 1.26. The van der Waals surface area contributed by atoms with Gasteiger partial charge < -0.3 is 5.32 Å². The fourth-order valence-electron chi connectivity index (χ4n) is 0.729. The van der Waals surface area contributed by atoms with E-state index in [0.29, 0.717) is 12.3 Å². The van der Waals surface area contributed by atoms with Gasteiger partial charge in [-0.15, -0.1) is 0 Å². The highest BCUT2D eigenvalue weighted by atomic mass is 19.4. The van der Waals surface area contributed by atoms with Crippen LogP contribution in [0, 0.1) is 11.6 Å². The summed E-state index contributed by atoms with van der Waals surface area (Å²) >= 11 is 0. The number of alkyl halides is 3. The summed E-state index contributed by atoms with van der Waals surface area (Å²) in [4.78, 5) is 3.12. The van der Waals surface area contributed by atoms with E-state index >= 15 is 0 Å². The summed E-state index contributed by atoms with van der Waals surface area (Å²) < 4.78 is 60.0. The van der Waals surface area contributed by atoms with Crippen LogP contribution in [0.3, 0.4) is 0 Å². The van der Waals surface area contributed by atoms with Gasteiger partial charge >= 0.3 is 6.18 Å². The van der Waals surface area contributed by atoms with Crippen LogP contribution < -0.4 is 5.32 Å². The Morgan fingerprint density at radius 2 is 1.93 bits per heavy atom. The Balaban J connectivity index is 2.68. The van der Waals surface area contributed by atoms with E-state index < -0.39 is 30.2 Å². The zero-order chi connectivity index (χ0) is 10.8. The Morgan fingerprint density at radius 3 is 2.43 bits per heavy atom. The van der Waals surface area contributed by atoms with Crippen LogP contribution in [-0.2, 0) is 0 Å². The quantitative estimate of drug-likeness (QED) is 0.761. The van der Waals surface area contributed by atoms with E-state index in [1.54, 1.807) is 5.32 Å². The van der Waals surface area contributed by atoms with Crippen molar-refractivity contribution in [1.29, 1.82) is 0 Å². The van der Waals surface area contributed by atoms with Crippen LogP contribution in [0.1, 0.15) is 0 Å². The van der Waals surface area contributed by atoms with Crippen LogP contribution in [-0.4, -0.2) is 17.7 Å². The number of pyridine rings is 1. The Kier molecular flexibility index (Phi) is 2.87. The van der Waals surface area contributed by atoms with Crippen molar-refractivity contribution in [3.63, 3.8) is 0 Å². The zero-order valence-electron chi connectivity index (χ0n) is 6.70. The molecule has 0 radical (unpaired) electrons. The van der Waals surface area contributed by atoms with E-state index in [-0.39, 0.29) is 0 Å². The second-order valence-electron chi connectivity index (χ2n) is 2.45. The molecule has 1 rings (SSSR count). The van der Waals surface area contributed by atoms with Gasteiger partial charge in [-0.3, -0.25) is 0 Å². The van der Waals surface area contributed by atoms with E-state index in [0.717, 1.165) is 0 Å². The molecule has 0 aromatic carbocycles. The normalized spacial score (nSPS) is 11.5. The molecule has 0 fully saturated rings. The average Bonchev–Trinajstić information content (AvgIpc) is 2.00. The highest BCUT2D eigenvalue weighted by molar-refractivity contribution is 5.35. The molecule has 0 aliphatic rings. The maximum atomic E-state index is 12.7. The first-order valence-corrected chi connectivity index (χ1v) is 3.50. The van der Waals surface area contributed by atoms with Crippen LogP contribution in [0.25, 0.3) is 0 Å². The van der Waals surface area contributed by atoms with Gasteiger partial charge in [0.15, 0.2) is 11.6 Å². The van der Waals surface area contributed by atoms with E-state index in [1.165, 1.54) is 0 Å². The van der Waals surface area contributed by atoms with Gasteiger partial charge in [0.05, 0.1) is 6.20 Å². The number of aromatic nitrogens is 1. The third-order valence-electron chi connectivity index (χ3n) is 1.26. The molecular weight excluding hydrogens is 207 g/mol. The number of hydrogen-bond acceptors (Lipinski definition) is 2. The average molecular weight is 212 g/mol. The fourth-order valence-corrected chi connectivity index (χ4v) is 0.729. The fraction of sp³-hybridized carbons (Fsp3) is 0.286. The molecule has 0 aliphatic heterocycles. The molecule has 2 nitrogen and oxygen atoms in total. The molecule has 0 atom stereocenters. The van der Waals surface area contributed by atoms with Crippen LogP contribution in [0.5, 0.6) is 0 Å². The number of nitrogens with zero attached hydrogens (tertiary/aromatic N) is 1. The van der Waals surface area contributed by atoms with E-state index in [9.17, 15) is 22.0 Å². The molecule has 0 bridgehead atoms. The molecule has 1 N–H and O–H groups in total. The van der Waals surface area contributed by atoms with Crippen molar-refractivity contribution in [3.8, 4) is 0 Å². The van der Waals surface area contributed by atoms with E-state index in [2.05, 4.69) is 4.98 Å². The van der Waals surface area contributed by atoms with Gasteiger partial charge in [-0.05, 0) is 0 Å². The molecular formula is C7H5F5N2. The van der Waals surface area contributed by atoms with Crippen LogP contribution in [0.15, 0.2) is 12.3 Å². The number of anilines is 1. The summed E-state index contributed by atoms with van der Waals surface area (Å²) in [5, 5.41) is 1.70. The minimum atomic E-state index is -4.47. The molecule has 1 aromatic rings. The van der Waals surface area contributed by atoms with Gasteiger partial charge in [-0.25, -0.2) is 13.8 Å². The smallest absolute Gasteiger partial charge is 0.359 e. The molecule has 0 unspecified atom stereocenters. The predicted octanol–water partition coefficient (Wildman–Crippen LogP) is 2.33. The molecule has 14 heavy (non-hydrogen) atoms. The second kappa shape index (κ2) is 3.77. The van der Waals surface area contributed by atoms with Crippen molar-refractivity contribution in [2.75, 3.05) is 11.9 Å². The number of hydrogen-bond donors (Lipinski definition) is 1. The minimum absolute atomic E-state index is 0.450. The highest BCUT2D eigenvalue weighted by Crippen LogP contribution is 2.17. The van der Waals surface area contributed by atoms with Crippen molar-refractivity contribution in [2.45, 2.75) is 6.18 Å². The van der Waals surface area contributed by atoms with Crippen LogP contribution in [0.2, 0.25) is 0 Å². The lowest BCUT2D eigenvalue weighted by molar-refractivity contribution is -0.115. The largest absolute Gasteiger partial charge is 0.405 e. The van der Waals surface area contributed by atoms with Crippen molar-refractivity contribution in [3.05, 3.63) is 23.9 Å². The predicted molar refractivity (Wildman–Crippen MR) is 38.7 cm³/mol. The van der Waals surface area contributed by atoms with Crippen LogP contribution in [0.4, 0.5) is 27.8 Å². The first-order valence-electron chi connectivity index (χ1n) is 3.50. The Morgan fingerprint density at radius 1 is 1.29 bits per heavy atom. The standard InChI is InChI=1S/C7H5F5N2/c8-4-1-5(9)6(13-2-4)14-3-7(10,11)12/h1-2H,3H2,(H,13,14). The van der Waals surface area contributed by atoms with Gasteiger partial charge in [0.25, 0.3) is 0 Å². The monoisotopic (exact) mass is 212 g/mol. The lowest BCUT2D eigenvalue weighted by Gasteiger charge is -2.08. The van der Waals surface area contributed by atoms with Crippen molar-refractivity contribution in [1.82, 2.24) is 4.98 Å². The molecule has 0 spiro atoms. The molecule has 0 amide bonds. The summed E-state index contributed by atoms with van der Waals surface area (Å²) in [7, 11) is 0. The SMILES string of the molecule is Fc1cnc(NCC(F)(F)F)c(F)c1. The van der Waals surface area contributed by atoms with Crippen molar-refractivity contribution in [2.24, 2.45) is 0 Å². The Labute approximate surface area is 75.8 Å². The highest BCUT2D eigenvalue weighted by Gasteiger charge is 2.27. The van der Waals surface area contributed by atoms with E-state index in [4.69, 9.17) is 0 Å². The molecule has 0 aliphatic carbocycles. The maximum Gasteiger partial charge on any atom is 0.405 e. The third kappa shape index (κ3) is 3.15. The Bertz CT molecular complexity index is 322. The lowest BCUT2D eigenvalue weighted by Crippen LogP contribution is -2.22. The van der Waals surface area contributed by atoms with Gasteiger partial charge in [-0.2, -0.15) is 13.2 Å². The first-order chi connectivity index (χ1) is 6.38. The number of nitrogens with one attached hydrogen (secondary N) is 1. The van der Waals surface area contributed by atoms with Gasteiger partial charge in [0.2, 0.25) is 0 Å². The molecule has 1 aromatic heterocycles. The van der Waals surface area contributed by atoms with Gasteiger partial charge in [0.1, 0.15) is 12.4 Å². The van der Waals surface area contributed by atoms with Crippen molar-refractivity contribution >= 4 is 5.82 Å². The molecule has 1 heterocycles. The van der Waals surface area contributed by atoms with Gasteiger partial charge in [-0.1, -0.05) is 0 Å². The lowest BCUT2D eigenvalue weighted by atomic mass is 10.4. The molecule has 0 saturated carbocycles. The second-order valence-corrected chi connectivity index (χ2v) is 2.45. The summed E-state index contributed by atoms with van der Waals surface area (Å²) in [6.45, 7) is -1.41. The van der Waals surface area contributed by atoms with Gasteiger partial charge in [0, 0.05) is 6.07 Å². The number of halogens is 5. The minimum Gasteiger partial charge on any atom is -0.359 e. The topological polar surface area (TPSA) is 24.9 Å². The van der Waals surface area contributed by atoms with Crippen molar-refractivity contribution < 1.29 is 22.0 Å². The number of rotatable bonds is 2. The van der Waals surface area contributed by atoms with E-state index in [1.807, 2.05) is 0 Å². The summed E-state index contributed by atoms with van der Waals surface area (Å²) in [5.41, 5.74) is 0. The molecule has 7 heteroatoms. The zero-order valence-corrected chi connectivity index (χ0v) is 6.70. The Hall–Kier alpha value is -1.40. The molecule has 78 valence electrons. The molecule has 0 saturated heterocycles. The summed E-state index contributed by atoms with van der Waals surface area (Å²) in [5.74, 6) is -2.72. The summed E-state index contributed by atoms with van der Waals surface area (Å²) in [6.07, 6.45) is -3.84. The maximum absolute atomic E-state index is 12.7. The van der Waals surface area contributed by atoms with Crippen LogP contribution >= 0.6 is 0 Å².